The lowest BCUT2D eigenvalue weighted by molar-refractivity contribution is -0.131. The van der Waals surface area contributed by atoms with Gasteiger partial charge >= 0.3 is 0 Å². The van der Waals surface area contributed by atoms with Crippen molar-refractivity contribution in [2.45, 2.75) is 58.8 Å². The number of amides is 1. The van der Waals surface area contributed by atoms with Crippen molar-refractivity contribution in [2.24, 2.45) is 5.92 Å². The highest BCUT2D eigenvalue weighted by molar-refractivity contribution is 5.78. The van der Waals surface area contributed by atoms with E-state index in [2.05, 4.69) is 19.2 Å². The second-order valence-electron chi connectivity index (χ2n) is 5.49. The molecular weight excluding hydrogens is 224 g/mol. The Morgan fingerprint density at radius 2 is 1.94 bits per heavy atom. The topological polar surface area (TPSA) is 32.3 Å². The quantitative estimate of drug-likeness (QED) is 0.722. The minimum Gasteiger partial charge on any atom is -0.342 e. The highest BCUT2D eigenvalue weighted by Crippen LogP contribution is 2.11. The number of nitrogens with one attached hydrogen (secondary N) is 1. The summed E-state index contributed by atoms with van der Waals surface area (Å²) in [4.78, 5) is 14.0. The van der Waals surface area contributed by atoms with Crippen LogP contribution in [0.2, 0.25) is 0 Å². The van der Waals surface area contributed by atoms with E-state index in [1.165, 1.54) is 44.9 Å². The summed E-state index contributed by atoms with van der Waals surface area (Å²) in [6, 6.07) is 0. The largest absolute Gasteiger partial charge is 0.342 e. The molecule has 0 bridgehead atoms. The Morgan fingerprint density at radius 1 is 1.22 bits per heavy atom. The molecular formula is C15H30N2O. The lowest BCUT2D eigenvalue weighted by Gasteiger charge is -2.27. The van der Waals surface area contributed by atoms with Gasteiger partial charge in [-0.2, -0.15) is 0 Å². The van der Waals surface area contributed by atoms with Gasteiger partial charge in [-0.3, -0.25) is 4.79 Å². The van der Waals surface area contributed by atoms with Crippen LogP contribution in [0.3, 0.4) is 0 Å². The summed E-state index contributed by atoms with van der Waals surface area (Å²) in [5, 5.41) is 3.35. The molecule has 1 atom stereocenters. The van der Waals surface area contributed by atoms with Gasteiger partial charge in [-0.25, -0.2) is 0 Å². The van der Waals surface area contributed by atoms with Crippen molar-refractivity contribution in [1.82, 2.24) is 10.2 Å². The van der Waals surface area contributed by atoms with E-state index < -0.39 is 0 Å². The molecule has 1 fully saturated rings. The molecule has 0 aliphatic carbocycles. The molecule has 0 aromatic heterocycles. The van der Waals surface area contributed by atoms with Crippen molar-refractivity contribution in [3.63, 3.8) is 0 Å². The monoisotopic (exact) mass is 254 g/mol. The van der Waals surface area contributed by atoms with Crippen LogP contribution in [0.5, 0.6) is 0 Å². The van der Waals surface area contributed by atoms with E-state index >= 15 is 0 Å². The van der Waals surface area contributed by atoms with Gasteiger partial charge in [0, 0.05) is 13.1 Å². The molecule has 1 rings (SSSR count). The first-order chi connectivity index (χ1) is 8.77. The summed E-state index contributed by atoms with van der Waals surface area (Å²) in [5.41, 5.74) is 0. The Hall–Kier alpha value is -0.570. The molecule has 1 unspecified atom stereocenters. The van der Waals surface area contributed by atoms with Gasteiger partial charge in [-0.15, -0.1) is 0 Å². The number of hydrogen-bond acceptors (Lipinski definition) is 2. The van der Waals surface area contributed by atoms with Crippen LogP contribution < -0.4 is 5.32 Å². The highest BCUT2D eigenvalue weighted by atomic mass is 16.2. The molecule has 1 aliphatic heterocycles. The number of unbranched alkanes of at least 4 members (excludes halogenated alkanes) is 1. The summed E-state index contributed by atoms with van der Waals surface area (Å²) in [6.45, 7) is 7.94. The third kappa shape index (κ3) is 5.85. The zero-order chi connectivity index (χ0) is 13.2. The molecule has 0 radical (unpaired) electrons. The molecule has 1 aliphatic rings. The SMILES string of the molecule is CCCCC(CC)CNCC(=O)N1CCCCC1. The van der Waals surface area contributed by atoms with Crippen LogP contribution in [0, 0.1) is 5.92 Å². The van der Waals surface area contributed by atoms with E-state index in [9.17, 15) is 4.79 Å². The standard InChI is InChI=1S/C15H30N2O/c1-3-5-9-14(4-2)12-16-13-15(18)17-10-7-6-8-11-17/h14,16H,3-13H2,1-2H3. The van der Waals surface area contributed by atoms with Crippen LogP contribution in [0.25, 0.3) is 0 Å². The fraction of sp³-hybridized carbons (Fsp3) is 0.933. The van der Waals surface area contributed by atoms with Gasteiger partial charge in [0.2, 0.25) is 5.91 Å². The van der Waals surface area contributed by atoms with Crippen molar-refractivity contribution >= 4 is 5.91 Å². The molecule has 0 aromatic rings. The van der Waals surface area contributed by atoms with E-state index in [0.717, 1.165) is 25.6 Å². The second-order valence-corrected chi connectivity index (χ2v) is 5.49. The van der Waals surface area contributed by atoms with Crippen molar-refractivity contribution < 1.29 is 4.79 Å². The van der Waals surface area contributed by atoms with E-state index in [-0.39, 0.29) is 0 Å². The Balaban J connectivity index is 2.13. The van der Waals surface area contributed by atoms with Crippen LogP contribution in [-0.2, 0) is 4.79 Å². The molecule has 0 spiro atoms. The van der Waals surface area contributed by atoms with Crippen LogP contribution >= 0.6 is 0 Å². The predicted molar refractivity (Wildman–Crippen MR) is 76.6 cm³/mol. The van der Waals surface area contributed by atoms with Crippen LogP contribution in [-0.4, -0.2) is 37.0 Å². The minimum absolute atomic E-state index is 0.292. The molecule has 3 nitrogen and oxygen atoms in total. The normalized spacial score (nSPS) is 17.8. The number of likely N-dealkylation sites (tertiary alicyclic amines) is 1. The zero-order valence-electron chi connectivity index (χ0n) is 12.2. The Kier molecular flexibility index (Phi) is 8.06. The number of carbonyl (C=O) groups excluding carboxylic acids is 1. The number of piperidine rings is 1. The average molecular weight is 254 g/mol. The number of nitrogens with zero attached hydrogens (tertiary/aromatic N) is 1. The molecule has 1 saturated heterocycles. The van der Waals surface area contributed by atoms with E-state index in [1.807, 2.05) is 4.90 Å². The Labute approximate surface area is 112 Å². The summed E-state index contributed by atoms with van der Waals surface area (Å²) in [6.07, 6.45) is 8.72. The summed E-state index contributed by atoms with van der Waals surface area (Å²) < 4.78 is 0. The maximum absolute atomic E-state index is 11.9. The minimum atomic E-state index is 0.292. The van der Waals surface area contributed by atoms with Crippen molar-refractivity contribution in [3.05, 3.63) is 0 Å². The van der Waals surface area contributed by atoms with Gasteiger partial charge in [0.15, 0.2) is 0 Å². The lowest BCUT2D eigenvalue weighted by atomic mass is 9.99. The van der Waals surface area contributed by atoms with Gasteiger partial charge in [-0.1, -0.05) is 33.1 Å². The van der Waals surface area contributed by atoms with Gasteiger partial charge < -0.3 is 10.2 Å². The summed E-state index contributed by atoms with van der Waals surface area (Å²) in [7, 11) is 0. The lowest BCUT2D eigenvalue weighted by Crippen LogP contribution is -2.42. The van der Waals surface area contributed by atoms with Crippen molar-refractivity contribution in [1.29, 1.82) is 0 Å². The molecule has 0 saturated carbocycles. The first kappa shape index (κ1) is 15.5. The molecule has 1 amide bonds. The van der Waals surface area contributed by atoms with Crippen LogP contribution in [0.4, 0.5) is 0 Å². The molecule has 0 aromatic carbocycles. The summed E-state index contributed by atoms with van der Waals surface area (Å²) in [5.74, 6) is 1.03. The van der Waals surface area contributed by atoms with Crippen LogP contribution in [0.1, 0.15) is 58.8 Å². The number of rotatable bonds is 8. The molecule has 3 heteroatoms. The van der Waals surface area contributed by atoms with E-state index in [1.54, 1.807) is 0 Å². The highest BCUT2D eigenvalue weighted by Gasteiger charge is 2.16. The first-order valence-electron chi connectivity index (χ1n) is 7.76. The molecule has 1 N–H and O–H groups in total. The Bertz CT molecular complexity index is 225. The third-order valence-electron chi connectivity index (χ3n) is 3.96. The van der Waals surface area contributed by atoms with Gasteiger partial charge in [-0.05, 0) is 38.1 Å². The molecule has 106 valence electrons. The molecule has 1 heterocycles. The fourth-order valence-corrected chi connectivity index (χ4v) is 2.58. The number of hydrogen-bond donors (Lipinski definition) is 1. The summed E-state index contributed by atoms with van der Waals surface area (Å²) >= 11 is 0. The van der Waals surface area contributed by atoms with Gasteiger partial charge in [0.25, 0.3) is 0 Å². The van der Waals surface area contributed by atoms with Gasteiger partial charge in [0.1, 0.15) is 0 Å². The number of carbonyl (C=O) groups is 1. The van der Waals surface area contributed by atoms with E-state index in [0.29, 0.717) is 12.5 Å². The van der Waals surface area contributed by atoms with E-state index in [4.69, 9.17) is 0 Å². The zero-order valence-corrected chi connectivity index (χ0v) is 12.2. The Morgan fingerprint density at radius 3 is 2.56 bits per heavy atom. The maximum Gasteiger partial charge on any atom is 0.236 e. The van der Waals surface area contributed by atoms with Gasteiger partial charge in [0.05, 0.1) is 6.54 Å². The average Bonchev–Trinajstić information content (AvgIpc) is 2.43. The van der Waals surface area contributed by atoms with Crippen molar-refractivity contribution in [2.75, 3.05) is 26.2 Å². The maximum atomic E-state index is 11.9. The third-order valence-corrected chi connectivity index (χ3v) is 3.96. The fourth-order valence-electron chi connectivity index (χ4n) is 2.58. The first-order valence-corrected chi connectivity index (χ1v) is 7.76. The second kappa shape index (κ2) is 9.37. The predicted octanol–water partition coefficient (Wildman–Crippen LogP) is 2.80. The van der Waals surface area contributed by atoms with Crippen molar-refractivity contribution in [3.8, 4) is 0 Å². The molecule has 18 heavy (non-hydrogen) atoms. The van der Waals surface area contributed by atoms with Crippen LogP contribution in [0.15, 0.2) is 0 Å². The smallest absolute Gasteiger partial charge is 0.236 e.